The first-order valence-corrected chi connectivity index (χ1v) is 5.49. The Morgan fingerprint density at radius 3 is 2.88 bits per heavy atom. The van der Waals surface area contributed by atoms with Gasteiger partial charge in [0.1, 0.15) is 0 Å². The molecule has 1 fully saturated rings. The molecular formula is C12H14N2O2. The van der Waals surface area contributed by atoms with Crippen molar-refractivity contribution >= 4 is 11.6 Å². The number of fused-ring (bicyclic) bond motifs is 1. The van der Waals surface area contributed by atoms with Crippen molar-refractivity contribution in [3.63, 3.8) is 0 Å². The molecule has 1 aromatic rings. The highest BCUT2D eigenvalue weighted by Crippen LogP contribution is 2.27. The van der Waals surface area contributed by atoms with Gasteiger partial charge in [0.05, 0.1) is 13.2 Å². The average Bonchev–Trinajstić information content (AvgIpc) is 2.83. The second-order valence-electron chi connectivity index (χ2n) is 4.41. The third-order valence-electron chi connectivity index (χ3n) is 3.17. The molecule has 1 unspecified atom stereocenters. The Morgan fingerprint density at radius 2 is 2.12 bits per heavy atom. The quantitative estimate of drug-likeness (QED) is 0.758. The van der Waals surface area contributed by atoms with Crippen LogP contribution in [-0.4, -0.2) is 18.5 Å². The van der Waals surface area contributed by atoms with Crippen molar-refractivity contribution in [2.75, 3.05) is 11.4 Å². The average molecular weight is 218 g/mol. The number of carbonyl (C=O) groups is 1. The number of amides is 1. The summed E-state index contributed by atoms with van der Waals surface area (Å²) >= 11 is 0. The van der Waals surface area contributed by atoms with E-state index in [2.05, 4.69) is 0 Å². The standard InChI is InChI=1S/C12H14N2O2/c13-10-4-12(15)14(5-10)11-2-1-8-6-16-7-9(8)3-11/h1-3,10H,4-7,13H2. The molecule has 2 aliphatic heterocycles. The highest BCUT2D eigenvalue weighted by Gasteiger charge is 2.28. The monoisotopic (exact) mass is 218 g/mol. The van der Waals surface area contributed by atoms with Gasteiger partial charge >= 0.3 is 0 Å². The lowest BCUT2D eigenvalue weighted by Gasteiger charge is -2.16. The van der Waals surface area contributed by atoms with Crippen LogP contribution in [0.15, 0.2) is 18.2 Å². The van der Waals surface area contributed by atoms with Crippen LogP contribution in [0.2, 0.25) is 0 Å². The van der Waals surface area contributed by atoms with Gasteiger partial charge in [-0.05, 0) is 23.3 Å². The minimum atomic E-state index is -0.0306. The smallest absolute Gasteiger partial charge is 0.228 e. The second kappa shape index (κ2) is 3.57. The van der Waals surface area contributed by atoms with Crippen LogP contribution >= 0.6 is 0 Å². The predicted molar refractivity (Wildman–Crippen MR) is 59.9 cm³/mol. The van der Waals surface area contributed by atoms with E-state index in [9.17, 15) is 4.79 Å². The maximum atomic E-state index is 11.7. The van der Waals surface area contributed by atoms with Gasteiger partial charge in [-0.15, -0.1) is 0 Å². The lowest BCUT2D eigenvalue weighted by atomic mass is 10.1. The molecule has 0 saturated carbocycles. The van der Waals surface area contributed by atoms with E-state index in [1.165, 1.54) is 11.1 Å². The van der Waals surface area contributed by atoms with Crippen LogP contribution in [0, 0.1) is 0 Å². The van der Waals surface area contributed by atoms with E-state index in [0.29, 0.717) is 26.2 Å². The number of hydrogen-bond donors (Lipinski definition) is 1. The first kappa shape index (κ1) is 9.81. The molecule has 4 heteroatoms. The molecule has 0 bridgehead atoms. The zero-order valence-corrected chi connectivity index (χ0v) is 8.98. The van der Waals surface area contributed by atoms with E-state index in [1.807, 2.05) is 18.2 Å². The molecule has 0 spiro atoms. The fourth-order valence-electron chi connectivity index (χ4n) is 2.31. The van der Waals surface area contributed by atoms with Crippen LogP contribution in [0.5, 0.6) is 0 Å². The number of ether oxygens (including phenoxy) is 1. The highest BCUT2D eigenvalue weighted by atomic mass is 16.5. The van der Waals surface area contributed by atoms with Gasteiger partial charge in [0.25, 0.3) is 0 Å². The summed E-state index contributed by atoms with van der Waals surface area (Å²) in [5.41, 5.74) is 9.13. The molecule has 1 aromatic carbocycles. The molecular weight excluding hydrogens is 204 g/mol. The molecule has 2 N–H and O–H groups in total. The Morgan fingerprint density at radius 1 is 1.31 bits per heavy atom. The minimum absolute atomic E-state index is 0.0306. The maximum Gasteiger partial charge on any atom is 0.228 e. The van der Waals surface area contributed by atoms with Crippen molar-refractivity contribution in [3.05, 3.63) is 29.3 Å². The summed E-state index contributed by atoms with van der Waals surface area (Å²) in [5.74, 6) is 0.117. The van der Waals surface area contributed by atoms with Crippen LogP contribution in [0.1, 0.15) is 17.5 Å². The first-order valence-electron chi connectivity index (χ1n) is 5.49. The van der Waals surface area contributed by atoms with Crippen molar-refractivity contribution in [2.45, 2.75) is 25.7 Å². The van der Waals surface area contributed by atoms with Gasteiger partial charge in [-0.25, -0.2) is 0 Å². The Labute approximate surface area is 94.0 Å². The van der Waals surface area contributed by atoms with Crippen LogP contribution in [-0.2, 0) is 22.7 Å². The zero-order valence-electron chi connectivity index (χ0n) is 8.98. The molecule has 2 heterocycles. The third-order valence-corrected chi connectivity index (χ3v) is 3.17. The summed E-state index contributed by atoms with van der Waals surface area (Å²) in [5, 5.41) is 0. The summed E-state index contributed by atoms with van der Waals surface area (Å²) in [4.78, 5) is 13.5. The van der Waals surface area contributed by atoms with Crippen molar-refractivity contribution < 1.29 is 9.53 Å². The van der Waals surface area contributed by atoms with Gasteiger partial charge in [-0.3, -0.25) is 4.79 Å². The van der Waals surface area contributed by atoms with Crippen molar-refractivity contribution in [1.82, 2.24) is 0 Å². The molecule has 2 aliphatic rings. The summed E-state index contributed by atoms with van der Waals surface area (Å²) in [7, 11) is 0. The van der Waals surface area contributed by atoms with E-state index in [4.69, 9.17) is 10.5 Å². The summed E-state index contributed by atoms with van der Waals surface area (Å²) < 4.78 is 5.35. The number of hydrogen-bond acceptors (Lipinski definition) is 3. The second-order valence-corrected chi connectivity index (χ2v) is 4.41. The van der Waals surface area contributed by atoms with Crippen LogP contribution < -0.4 is 10.6 Å². The highest BCUT2D eigenvalue weighted by molar-refractivity contribution is 5.96. The Hall–Kier alpha value is -1.39. The lowest BCUT2D eigenvalue weighted by molar-refractivity contribution is -0.117. The first-order chi connectivity index (χ1) is 7.74. The molecule has 84 valence electrons. The number of nitrogens with two attached hydrogens (primary N) is 1. The van der Waals surface area contributed by atoms with Gasteiger partial charge < -0.3 is 15.4 Å². The van der Waals surface area contributed by atoms with Gasteiger partial charge in [-0.2, -0.15) is 0 Å². The molecule has 0 aromatic heterocycles. The van der Waals surface area contributed by atoms with Gasteiger partial charge in [-0.1, -0.05) is 6.07 Å². The fourth-order valence-corrected chi connectivity index (χ4v) is 2.31. The molecule has 1 atom stereocenters. The lowest BCUT2D eigenvalue weighted by Crippen LogP contribution is -2.28. The molecule has 0 aliphatic carbocycles. The van der Waals surface area contributed by atoms with Gasteiger partial charge in [0.15, 0.2) is 0 Å². The minimum Gasteiger partial charge on any atom is -0.372 e. The number of rotatable bonds is 1. The molecule has 16 heavy (non-hydrogen) atoms. The fraction of sp³-hybridized carbons (Fsp3) is 0.417. The Bertz CT molecular complexity index is 445. The van der Waals surface area contributed by atoms with Crippen LogP contribution in [0.25, 0.3) is 0 Å². The van der Waals surface area contributed by atoms with Crippen LogP contribution in [0.3, 0.4) is 0 Å². The number of benzene rings is 1. The van der Waals surface area contributed by atoms with E-state index in [0.717, 1.165) is 5.69 Å². The zero-order chi connectivity index (χ0) is 11.1. The van der Waals surface area contributed by atoms with E-state index in [1.54, 1.807) is 4.90 Å². The van der Waals surface area contributed by atoms with Crippen molar-refractivity contribution in [1.29, 1.82) is 0 Å². The molecule has 1 amide bonds. The number of carbonyl (C=O) groups excluding carboxylic acids is 1. The van der Waals surface area contributed by atoms with Crippen molar-refractivity contribution in [3.8, 4) is 0 Å². The summed E-state index contributed by atoms with van der Waals surface area (Å²) in [6.45, 7) is 1.96. The van der Waals surface area contributed by atoms with E-state index >= 15 is 0 Å². The molecule has 3 rings (SSSR count). The Kier molecular flexibility index (Phi) is 2.19. The SMILES string of the molecule is NC1CC(=O)N(c2ccc3c(c2)COC3)C1. The normalized spacial score (nSPS) is 23.9. The van der Waals surface area contributed by atoms with E-state index in [-0.39, 0.29) is 11.9 Å². The van der Waals surface area contributed by atoms with Crippen LogP contribution in [0.4, 0.5) is 5.69 Å². The molecule has 0 radical (unpaired) electrons. The molecule has 4 nitrogen and oxygen atoms in total. The number of anilines is 1. The molecule has 1 saturated heterocycles. The Balaban J connectivity index is 1.92. The summed E-state index contributed by atoms with van der Waals surface area (Å²) in [6, 6.07) is 6.02. The predicted octanol–water partition coefficient (Wildman–Crippen LogP) is 0.781. The topological polar surface area (TPSA) is 55.6 Å². The number of nitrogens with zero attached hydrogens (tertiary/aromatic N) is 1. The summed E-state index contributed by atoms with van der Waals surface area (Å²) in [6.07, 6.45) is 0.452. The van der Waals surface area contributed by atoms with Gasteiger partial charge in [0.2, 0.25) is 5.91 Å². The van der Waals surface area contributed by atoms with Crippen molar-refractivity contribution in [2.24, 2.45) is 5.73 Å². The maximum absolute atomic E-state index is 11.7. The largest absolute Gasteiger partial charge is 0.372 e. The third kappa shape index (κ3) is 1.50. The van der Waals surface area contributed by atoms with E-state index < -0.39 is 0 Å². The van der Waals surface area contributed by atoms with Gasteiger partial charge in [0, 0.05) is 24.7 Å².